The lowest BCUT2D eigenvalue weighted by Gasteiger charge is -2.00. The molecule has 0 saturated carbocycles. The number of rotatable bonds is 1. The van der Waals surface area contributed by atoms with Gasteiger partial charge in [0.2, 0.25) is 0 Å². The Bertz CT molecular complexity index is 1660. The number of hydrogen-bond acceptors (Lipinski definition) is 3. The van der Waals surface area contributed by atoms with Crippen molar-refractivity contribution in [3.05, 3.63) is 84.9 Å². The lowest BCUT2D eigenvalue weighted by Crippen LogP contribution is -1.93. The lowest BCUT2D eigenvalue weighted by atomic mass is 10.1. The second-order valence-corrected chi connectivity index (χ2v) is 8.33. The summed E-state index contributed by atoms with van der Waals surface area (Å²) >= 11 is 1.80. The first-order chi connectivity index (χ1) is 14.4. The maximum absolute atomic E-state index is 6.31. The number of para-hydroxylation sites is 2. The molecule has 3 heterocycles. The SMILES string of the molecule is c1ccc2c(c1)sc1ccc3oc(-n4c5ccccc5c5ccccc54)nc3c12. The van der Waals surface area contributed by atoms with E-state index in [0.717, 1.165) is 22.1 Å². The average Bonchev–Trinajstić information content (AvgIpc) is 3.44. The van der Waals surface area contributed by atoms with E-state index in [1.165, 1.54) is 30.9 Å². The minimum Gasteiger partial charge on any atom is -0.423 e. The van der Waals surface area contributed by atoms with Crippen LogP contribution in [0.3, 0.4) is 0 Å². The van der Waals surface area contributed by atoms with Gasteiger partial charge in [0.25, 0.3) is 0 Å². The molecule has 0 radical (unpaired) electrons. The molecule has 4 heteroatoms. The van der Waals surface area contributed by atoms with Crippen molar-refractivity contribution in [1.29, 1.82) is 0 Å². The first-order valence-electron chi connectivity index (χ1n) is 9.58. The molecule has 0 aliphatic rings. The number of oxazole rings is 1. The Labute approximate surface area is 169 Å². The predicted octanol–water partition coefficient (Wildman–Crippen LogP) is 7.29. The maximum Gasteiger partial charge on any atom is 0.307 e. The molecular formula is C25H14N2OS. The highest BCUT2D eigenvalue weighted by atomic mass is 32.1. The fraction of sp³-hybridized carbons (Fsp3) is 0. The van der Waals surface area contributed by atoms with E-state index in [2.05, 4.69) is 83.4 Å². The van der Waals surface area contributed by atoms with Crippen molar-refractivity contribution in [2.45, 2.75) is 0 Å². The predicted molar refractivity (Wildman–Crippen MR) is 121 cm³/mol. The van der Waals surface area contributed by atoms with Crippen LogP contribution in [0.5, 0.6) is 0 Å². The molecule has 0 N–H and O–H groups in total. The third-order valence-corrected chi connectivity index (χ3v) is 6.80. The summed E-state index contributed by atoms with van der Waals surface area (Å²) in [6.45, 7) is 0. The average molecular weight is 390 g/mol. The van der Waals surface area contributed by atoms with Crippen LogP contribution in [0.25, 0.3) is 59.1 Å². The second kappa shape index (κ2) is 5.46. The van der Waals surface area contributed by atoms with Gasteiger partial charge in [-0.15, -0.1) is 11.3 Å². The van der Waals surface area contributed by atoms with Crippen molar-refractivity contribution in [3.63, 3.8) is 0 Å². The molecule has 3 nitrogen and oxygen atoms in total. The standard InChI is InChI=1S/C25H14N2OS/c1-4-10-18-15(7-1)16-8-2-5-11-19(16)27(18)25-26-24-20(28-25)13-14-22-23(24)17-9-3-6-12-21(17)29-22/h1-14H. The highest BCUT2D eigenvalue weighted by Crippen LogP contribution is 2.39. The summed E-state index contributed by atoms with van der Waals surface area (Å²) in [4.78, 5) is 5.01. The summed E-state index contributed by atoms with van der Waals surface area (Å²) in [5, 5.41) is 4.83. The van der Waals surface area contributed by atoms with Crippen LogP contribution in [0.4, 0.5) is 0 Å². The fourth-order valence-electron chi connectivity index (χ4n) is 4.41. The highest BCUT2D eigenvalue weighted by Gasteiger charge is 2.18. The minimum atomic E-state index is 0.611. The van der Waals surface area contributed by atoms with Gasteiger partial charge in [-0.05, 0) is 30.3 Å². The van der Waals surface area contributed by atoms with Crippen molar-refractivity contribution in [1.82, 2.24) is 9.55 Å². The van der Waals surface area contributed by atoms with E-state index in [4.69, 9.17) is 9.40 Å². The molecule has 0 atom stereocenters. The summed E-state index contributed by atoms with van der Waals surface area (Å²) in [5.74, 6) is 0. The number of hydrogen-bond donors (Lipinski definition) is 0. The van der Waals surface area contributed by atoms with E-state index in [-0.39, 0.29) is 0 Å². The van der Waals surface area contributed by atoms with Gasteiger partial charge in [-0.2, -0.15) is 4.98 Å². The Hall–Kier alpha value is -3.63. The molecule has 7 aromatic rings. The smallest absolute Gasteiger partial charge is 0.307 e. The molecule has 0 bridgehead atoms. The van der Waals surface area contributed by atoms with Gasteiger partial charge in [-0.3, -0.25) is 4.57 Å². The van der Waals surface area contributed by atoms with Gasteiger partial charge in [0.15, 0.2) is 5.58 Å². The van der Waals surface area contributed by atoms with E-state index in [1.54, 1.807) is 11.3 Å². The van der Waals surface area contributed by atoms with Crippen LogP contribution < -0.4 is 0 Å². The fourth-order valence-corrected chi connectivity index (χ4v) is 5.52. The summed E-state index contributed by atoms with van der Waals surface area (Å²) in [6.07, 6.45) is 0. The number of thiophene rings is 1. The largest absolute Gasteiger partial charge is 0.423 e. The number of aromatic nitrogens is 2. The normalized spacial score (nSPS) is 12.1. The Morgan fingerprint density at radius 3 is 2.07 bits per heavy atom. The van der Waals surface area contributed by atoms with Gasteiger partial charge in [0.05, 0.1) is 11.0 Å². The van der Waals surface area contributed by atoms with E-state index < -0.39 is 0 Å². The first-order valence-corrected chi connectivity index (χ1v) is 10.4. The zero-order chi connectivity index (χ0) is 18.9. The summed E-state index contributed by atoms with van der Waals surface area (Å²) in [6, 6.07) is 30.1. The molecule has 0 fully saturated rings. The molecule has 0 saturated heterocycles. The van der Waals surface area contributed by atoms with Crippen LogP contribution >= 0.6 is 11.3 Å². The zero-order valence-corrected chi connectivity index (χ0v) is 16.1. The van der Waals surface area contributed by atoms with E-state index >= 15 is 0 Å². The van der Waals surface area contributed by atoms with Crippen LogP contribution in [-0.2, 0) is 0 Å². The summed E-state index contributed by atoms with van der Waals surface area (Å²) < 4.78 is 11.0. The third kappa shape index (κ3) is 1.99. The molecule has 3 aromatic heterocycles. The monoisotopic (exact) mass is 390 g/mol. The summed E-state index contributed by atoms with van der Waals surface area (Å²) in [7, 11) is 0. The van der Waals surface area contributed by atoms with E-state index in [1.807, 2.05) is 6.07 Å². The van der Waals surface area contributed by atoms with Crippen molar-refractivity contribution in [2.75, 3.05) is 0 Å². The van der Waals surface area contributed by atoms with Gasteiger partial charge in [0.1, 0.15) is 5.52 Å². The molecule has 4 aromatic carbocycles. The van der Waals surface area contributed by atoms with Crippen molar-refractivity contribution in [2.24, 2.45) is 0 Å². The zero-order valence-electron chi connectivity index (χ0n) is 15.3. The van der Waals surface area contributed by atoms with Crippen LogP contribution in [0.15, 0.2) is 89.3 Å². The Morgan fingerprint density at radius 1 is 0.655 bits per heavy atom. The van der Waals surface area contributed by atoms with Gasteiger partial charge < -0.3 is 4.42 Å². The van der Waals surface area contributed by atoms with Crippen molar-refractivity contribution < 1.29 is 4.42 Å². The first kappa shape index (κ1) is 15.3. The maximum atomic E-state index is 6.31. The number of benzene rings is 4. The highest BCUT2D eigenvalue weighted by molar-refractivity contribution is 7.26. The second-order valence-electron chi connectivity index (χ2n) is 7.25. The van der Waals surface area contributed by atoms with Gasteiger partial charge in [-0.25, -0.2) is 0 Å². The van der Waals surface area contributed by atoms with Gasteiger partial charge >= 0.3 is 6.01 Å². The van der Waals surface area contributed by atoms with Crippen LogP contribution in [-0.4, -0.2) is 9.55 Å². The third-order valence-electron chi connectivity index (χ3n) is 5.66. The molecule has 0 amide bonds. The lowest BCUT2D eigenvalue weighted by molar-refractivity contribution is 0.574. The number of nitrogens with zero attached hydrogens (tertiary/aromatic N) is 2. The molecule has 0 aliphatic heterocycles. The van der Waals surface area contributed by atoms with E-state index in [9.17, 15) is 0 Å². The molecule has 0 unspecified atom stereocenters. The molecule has 0 spiro atoms. The van der Waals surface area contributed by atoms with Crippen LogP contribution in [0, 0.1) is 0 Å². The van der Waals surface area contributed by atoms with Crippen molar-refractivity contribution in [3.8, 4) is 6.01 Å². The van der Waals surface area contributed by atoms with Crippen LogP contribution in [0.2, 0.25) is 0 Å². The van der Waals surface area contributed by atoms with Gasteiger partial charge in [-0.1, -0.05) is 54.6 Å². The molecule has 7 rings (SSSR count). The quantitative estimate of drug-likeness (QED) is 0.295. The molecule has 29 heavy (non-hydrogen) atoms. The van der Waals surface area contributed by atoms with Crippen LogP contribution in [0.1, 0.15) is 0 Å². The Morgan fingerprint density at radius 2 is 1.31 bits per heavy atom. The number of fused-ring (bicyclic) bond motifs is 8. The van der Waals surface area contributed by atoms with Crippen molar-refractivity contribution >= 4 is 64.4 Å². The summed E-state index contributed by atoms with van der Waals surface area (Å²) in [5.41, 5.74) is 3.95. The minimum absolute atomic E-state index is 0.611. The molecule has 0 aliphatic carbocycles. The van der Waals surface area contributed by atoms with Gasteiger partial charge in [0, 0.05) is 30.9 Å². The Kier molecular flexibility index (Phi) is 2.88. The molecular weight excluding hydrogens is 376 g/mol. The van der Waals surface area contributed by atoms with E-state index in [0.29, 0.717) is 6.01 Å². The Balaban J connectivity index is 1.63. The topological polar surface area (TPSA) is 31.0 Å². The molecule has 136 valence electrons.